The molecule has 0 aliphatic carbocycles. The summed E-state index contributed by atoms with van der Waals surface area (Å²) in [4.78, 5) is 13.7. The van der Waals surface area contributed by atoms with E-state index in [-0.39, 0.29) is 23.4 Å². The van der Waals surface area contributed by atoms with Crippen molar-refractivity contribution in [1.29, 1.82) is 0 Å². The van der Waals surface area contributed by atoms with Gasteiger partial charge in [0.25, 0.3) is 5.91 Å². The molecule has 0 fully saturated rings. The summed E-state index contributed by atoms with van der Waals surface area (Å²) in [6.07, 6.45) is -7.43. The molecule has 3 aromatic carbocycles. The zero-order valence-electron chi connectivity index (χ0n) is 23.4. The van der Waals surface area contributed by atoms with Crippen LogP contribution in [0.3, 0.4) is 0 Å². The lowest BCUT2D eigenvalue weighted by molar-refractivity contribution is -0.173. The largest absolute Gasteiger partial charge is 0.417 e. The maximum atomic E-state index is 14.1. The molecule has 2 N–H and O–H groups in total. The Labute approximate surface area is 244 Å². The lowest BCUT2D eigenvalue weighted by Gasteiger charge is -2.35. The van der Waals surface area contributed by atoms with Gasteiger partial charge in [0.05, 0.1) is 23.3 Å². The van der Waals surface area contributed by atoms with Crippen LogP contribution >= 0.6 is 0 Å². The number of aromatic nitrogens is 2. The van der Waals surface area contributed by atoms with E-state index in [2.05, 4.69) is 15.7 Å². The SMILES string of the molecule is CCC(CC)(NC(=O)c1cnn2c1NC(c1ccccc1)CC2C(F)(F)F)c1ccc(-c2ccccc2C(F)(F)F)cc1. The highest BCUT2D eigenvalue weighted by atomic mass is 19.4. The number of alkyl halides is 6. The average molecular weight is 601 g/mol. The molecular formula is C32H30F6N4O. The van der Waals surface area contributed by atoms with E-state index in [0.29, 0.717) is 29.5 Å². The number of carbonyl (C=O) groups is 1. The zero-order chi connectivity index (χ0) is 31.0. The number of halogens is 6. The van der Waals surface area contributed by atoms with Crippen LogP contribution in [0, 0.1) is 0 Å². The number of amides is 1. The van der Waals surface area contributed by atoms with Gasteiger partial charge < -0.3 is 10.6 Å². The van der Waals surface area contributed by atoms with Crippen molar-refractivity contribution in [2.45, 2.75) is 63.1 Å². The molecule has 5 nitrogen and oxygen atoms in total. The number of hydrogen-bond donors (Lipinski definition) is 2. The molecule has 4 aromatic rings. The van der Waals surface area contributed by atoms with E-state index in [1.807, 2.05) is 13.8 Å². The van der Waals surface area contributed by atoms with E-state index in [1.165, 1.54) is 18.2 Å². The molecule has 0 saturated heterocycles. The Morgan fingerprint density at radius 2 is 1.53 bits per heavy atom. The Bertz CT molecular complexity index is 1570. The molecule has 1 aromatic heterocycles. The predicted octanol–water partition coefficient (Wildman–Crippen LogP) is 8.67. The molecule has 2 heterocycles. The number of nitrogens with one attached hydrogen (secondary N) is 2. The van der Waals surface area contributed by atoms with Gasteiger partial charge in [-0.3, -0.25) is 4.79 Å². The molecule has 5 rings (SSSR count). The van der Waals surface area contributed by atoms with Gasteiger partial charge in [-0.2, -0.15) is 31.4 Å². The molecule has 2 atom stereocenters. The number of nitrogens with zero attached hydrogens (tertiary/aromatic N) is 2. The fourth-order valence-electron chi connectivity index (χ4n) is 5.78. The molecule has 226 valence electrons. The quantitative estimate of drug-likeness (QED) is 0.209. The first-order chi connectivity index (χ1) is 20.4. The first-order valence-electron chi connectivity index (χ1n) is 13.9. The van der Waals surface area contributed by atoms with E-state index < -0.39 is 41.4 Å². The van der Waals surface area contributed by atoms with Crippen LogP contribution in [0.15, 0.2) is 85.1 Å². The Kier molecular flexibility index (Phi) is 8.02. The van der Waals surface area contributed by atoms with E-state index in [4.69, 9.17) is 0 Å². The summed E-state index contributed by atoms with van der Waals surface area (Å²) in [6, 6.07) is 17.9. The highest BCUT2D eigenvalue weighted by molar-refractivity contribution is 5.99. The Morgan fingerprint density at radius 1 is 0.907 bits per heavy atom. The minimum absolute atomic E-state index is 0.0276. The van der Waals surface area contributed by atoms with Gasteiger partial charge in [0.2, 0.25) is 0 Å². The topological polar surface area (TPSA) is 59.0 Å². The van der Waals surface area contributed by atoms with Crippen LogP contribution < -0.4 is 10.6 Å². The normalized spacial score (nSPS) is 17.2. The molecule has 1 aliphatic heterocycles. The molecule has 1 amide bonds. The molecule has 0 spiro atoms. The van der Waals surface area contributed by atoms with E-state index >= 15 is 0 Å². The van der Waals surface area contributed by atoms with Gasteiger partial charge in [-0.1, -0.05) is 86.6 Å². The molecular weight excluding hydrogens is 570 g/mol. The molecule has 2 unspecified atom stereocenters. The van der Waals surface area contributed by atoms with Crippen molar-refractivity contribution < 1.29 is 31.1 Å². The fourth-order valence-corrected chi connectivity index (χ4v) is 5.78. The smallest absolute Gasteiger partial charge is 0.363 e. The van der Waals surface area contributed by atoms with Crippen molar-refractivity contribution in [3.05, 3.63) is 107 Å². The minimum Gasteiger partial charge on any atom is -0.363 e. The van der Waals surface area contributed by atoms with Gasteiger partial charge in [-0.15, -0.1) is 0 Å². The number of hydrogen-bond acceptors (Lipinski definition) is 3. The summed E-state index contributed by atoms with van der Waals surface area (Å²) in [5.41, 5.74) is -0.0133. The maximum absolute atomic E-state index is 14.1. The lowest BCUT2D eigenvalue weighted by Crippen LogP contribution is -2.45. The van der Waals surface area contributed by atoms with E-state index in [1.54, 1.807) is 54.6 Å². The second-order valence-electron chi connectivity index (χ2n) is 10.6. The van der Waals surface area contributed by atoms with E-state index in [0.717, 1.165) is 16.9 Å². The number of anilines is 1. The Balaban J connectivity index is 1.46. The van der Waals surface area contributed by atoms with Crippen molar-refractivity contribution >= 4 is 11.7 Å². The average Bonchev–Trinajstić information content (AvgIpc) is 3.43. The predicted molar refractivity (Wildman–Crippen MR) is 151 cm³/mol. The summed E-state index contributed by atoms with van der Waals surface area (Å²) in [5.74, 6) is -0.640. The van der Waals surface area contributed by atoms with Gasteiger partial charge in [0.15, 0.2) is 6.04 Å². The van der Waals surface area contributed by atoms with Crippen molar-refractivity contribution in [3.63, 3.8) is 0 Å². The Hall–Kier alpha value is -4.28. The van der Waals surface area contributed by atoms with Crippen molar-refractivity contribution in [2.24, 2.45) is 0 Å². The third kappa shape index (κ3) is 5.85. The third-order valence-corrected chi connectivity index (χ3v) is 8.23. The summed E-state index contributed by atoms with van der Waals surface area (Å²) in [5, 5.41) is 10.1. The minimum atomic E-state index is -4.59. The monoisotopic (exact) mass is 600 g/mol. The number of carbonyl (C=O) groups excluding carboxylic acids is 1. The van der Waals surface area contributed by atoms with Crippen LogP contribution in [0.1, 0.15) is 72.2 Å². The Morgan fingerprint density at radius 3 is 2.14 bits per heavy atom. The maximum Gasteiger partial charge on any atom is 0.417 e. The summed E-state index contributed by atoms with van der Waals surface area (Å²) < 4.78 is 84.0. The van der Waals surface area contributed by atoms with Crippen molar-refractivity contribution in [1.82, 2.24) is 15.1 Å². The van der Waals surface area contributed by atoms with Crippen LogP contribution in [0.25, 0.3) is 11.1 Å². The zero-order valence-corrected chi connectivity index (χ0v) is 23.4. The third-order valence-electron chi connectivity index (χ3n) is 8.23. The summed E-state index contributed by atoms with van der Waals surface area (Å²) in [7, 11) is 0. The van der Waals surface area contributed by atoms with Crippen LogP contribution in [0.5, 0.6) is 0 Å². The van der Waals surface area contributed by atoms with E-state index in [9.17, 15) is 31.1 Å². The van der Waals surface area contributed by atoms with Crippen LogP contribution in [0.4, 0.5) is 32.2 Å². The molecule has 0 bridgehead atoms. The second kappa shape index (κ2) is 11.4. The van der Waals surface area contributed by atoms with Gasteiger partial charge in [0, 0.05) is 6.42 Å². The summed E-state index contributed by atoms with van der Waals surface area (Å²) >= 11 is 0. The highest BCUT2D eigenvalue weighted by Crippen LogP contribution is 2.45. The lowest BCUT2D eigenvalue weighted by atomic mass is 9.83. The molecule has 1 aliphatic rings. The summed E-state index contributed by atoms with van der Waals surface area (Å²) in [6.45, 7) is 3.71. The molecule has 0 radical (unpaired) electrons. The van der Waals surface area contributed by atoms with Crippen LogP contribution in [-0.4, -0.2) is 21.9 Å². The van der Waals surface area contributed by atoms with Gasteiger partial charge in [0.1, 0.15) is 11.4 Å². The first-order valence-corrected chi connectivity index (χ1v) is 13.9. The molecule has 11 heteroatoms. The number of benzene rings is 3. The standard InChI is InChI=1S/C32H30F6N4O/c1-3-30(4-2,22-16-14-20(15-17-22)23-12-8-9-13-25(23)31(33,34)35)41-29(43)24-19-39-42-27(32(36,37)38)18-26(40-28(24)42)21-10-6-5-7-11-21/h5-17,19,26-27,40H,3-4,18H2,1-2H3,(H,41,43). The fraction of sp³-hybridized carbons (Fsp3) is 0.312. The van der Waals surface area contributed by atoms with Gasteiger partial charge in [-0.05, 0) is 41.2 Å². The van der Waals surface area contributed by atoms with Gasteiger partial charge in [-0.25, -0.2) is 4.68 Å². The molecule has 0 saturated carbocycles. The second-order valence-corrected chi connectivity index (χ2v) is 10.6. The highest BCUT2D eigenvalue weighted by Gasteiger charge is 2.47. The van der Waals surface area contributed by atoms with Gasteiger partial charge >= 0.3 is 12.4 Å². The number of fused-ring (bicyclic) bond motifs is 1. The van der Waals surface area contributed by atoms with Crippen LogP contribution in [0.2, 0.25) is 0 Å². The van der Waals surface area contributed by atoms with Crippen molar-refractivity contribution in [2.75, 3.05) is 5.32 Å². The first kappa shape index (κ1) is 30.2. The van der Waals surface area contributed by atoms with Crippen molar-refractivity contribution in [3.8, 4) is 11.1 Å². The van der Waals surface area contributed by atoms with Crippen LogP contribution in [-0.2, 0) is 11.7 Å². The number of rotatable bonds is 7. The molecule has 43 heavy (non-hydrogen) atoms.